The minimum atomic E-state index is -0.476. The smallest absolute Gasteiger partial charge is 0.311 e. The zero-order valence-corrected chi connectivity index (χ0v) is 10.4. The Balaban J connectivity index is 2.29. The third-order valence-electron chi connectivity index (χ3n) is 2.56. The fourth-order valence-electron chi connectivity index (χ4n) is 1.56. The highest BCUT2D eigenvalue weighted by Gasteiger charge is 2.16. The summed E-state index contributed by atoms with van der Waals surface area (Å²) in [5.74, 6) is 0.466. The summed E-state index contributed by atoms with van der Waals surface area (Å²) < 4.78 is 5.43. The number of nitro benzene ring substituents is 1. The molecule has 0 atom stereocenters. The molecule has 2 rings (SSSR count). The number of nitrogens with zero attached hydrogens (tertiary/aromatic N) is 2. The van der Waals surface area contributed by atoms with Crippen molar-refractivity contribution in [3.05, 3.63) is 57.8 Å². The van der Waals surface area contributed by atoms with Crippen LogP contribution in [0.4, 0.5) is 5.69 Å². The second-order valence-corrected chi connectivity index (χ2v) is 4.04. The summed E-state index contributed by atoms with van der Waals surface area (Å²) in [6.45, 7) is 2.17. The molecule has 1 heterocycles. The van der Waals surface area contributed by atoms with Crippen molar-refractivity contribution in [2.75, 3.05) is 0 Å². The maximum atomic E-state index is 11.0. The minimum absolute atomic E-state index is 0.0790. The van der Waals surface area contributed by atoms with E-state index in [0.29, 0.717) is 12.4 Å². The van der Waals surface area contributed by atoms with E-state index in [1.807, 2.05) is 0 Å². The normalized spacial score (nSPS) is 10.2. The molecule has 2 aromatic rings. The molecular formula is C13H13N3O3. The van der Waals surface area contributed by atoms with E-state index in [9.17, 15) is 10.1 Å². The lowest BCUT2D eigenvalue weighted by Gasteiger charge is -2.06. The molecule has 0 amide bonds. The van der Waals surface area contributed by atoms with Crippen LogP contribution in [0.25, 0.3) is 0 Å². The molecule has 0 fully saturated rings. The molecule has 0 bridgehead atoms. The highest BCUT2D eigenvalue weighted by atomic mass is 16.6. The average Bonchev–Trinajstić information content (AvgIpc) is 2.41. The second-order valence-electron chi connectivity index (χ2n) is 4.04. The van der Waals surface area contributed by atoms with Crippen molar-refractivity contribution < 1.29 is 9.66 Å². The summed E-state index contributed by atoms with van der Waals surface area (Å²) in [6.07, 6.45) is 1.58. The highest BCUT2D eigenvalue weighted by Crippen LogP contribution is 2.31. The first kappa shape index (κ1) is 13.0. The van der Waals surface area contributed by atoms with E-state index in [0.717, 1.165) is 11.1 Å². The summed E-state index contributed by atoms with van der Waals surface area (Å²) >= 11 is 0. The third kappa shape index (κ3) is 3.05. The van der Waals surface area contributed by atoms with Crippen LogP contribution < -0.4 is 10.5 Å². The van der Waals surface area contributed by atoms with Crippen molar-refractivity contribution in [2.45, 2.75) is 13.5 Å². The molecule has 1 aromatic carbocycles. The lowest BCUT2D eigenvalue weighted by molar-refractivity contribution is -0.385. The Labute approximate surface area is 110 Å². The van der Waals surface area contributed by atoms with Gasteiger partial charge in [0.25, 0.3) is 0 Å². The van der Waals surface area contributed by atoms with Crippen molar-refractivity contribution in [1.82, 2.24) is 4.98 Å². The Morgan fingerprint density at radius 3 is 2.74 bits per heavy atom. The molecule has 98 valence electrons. The van der Waals surface area contributed by atoms with Gasteiger partial charge in [0, 0.05) is 24.9 Å². The summed E-state index contributed by atoms with van der Waals surface area (Å²) in [7, 11) is 0. The maximum Gasteiger partial charge on any atom is 0.311 e. The first-order valence-electron chi connectivity index (χ1n) is 5.68. The Bertz CT molecular complexity index is 597. The lowest BCUT2D eigenvalue weighted by Crippen LogP contribution is -1.98. The molecular weight excluding hydrogens is 246 g/mol. The zero-order valence-electron chi connectivity index (χ0n) is 10.4. The number of nitro groups is 1. The first-order valence-corrected chi connectivity index (χ1v) is 5.68. The monoisotopic (exact) mass is 259 g/mol. The van der Waals surface area contributed by atoms with E-state index in [1.54, 1.807) is 37.4 Å². The largest absolute Gasteiger partial charge is 0.432 e. The number of rotatable bonds is 4. The molecule has 0 saturated heterocycles. The molecule has 1 aromatic heterocycles. The summed E-state index contributed by atoms with van der Waals surface area (Å²) in [5, 5.41) is 11.0. The number of pyridine rings is 1. The van der Waals surface area contributed by atoms with Gasteiger partial charge in [-0.15, -0.1) is 0 Å². The van der Waals surface area contributed by atoms with Crippen LogP contribution >= 0.6 is 0 Å². The predicted molar refractivity (Wildman–Crippen MR) is 70.0 cm³/mol. The molecule has 6 nitrogen and oxygen atoms in total. The van der Waals surface area contributed by atoms with Crippen LogP contribution in [-0.4, -0.2) is 9.91 Å². The van der Waals surface area contributed by atoms with Gasteiger partial charge in [-0.3, -0.25) is 10.1 Å². The van der Waals surface area contributed by atoms with Gasteiger partial charge in [0.1, 0.15) is 0 Å². The highest BCUT2D eigenvalue weighted by molar-refractivity contribution is 5.49. The SMILES string of the molecule is Cc1ccc(Oc2ccc(CN)cn2)c([N+](=O)[O-])c1. The number of aromatic nitrogens is 1. The van der Waals surface area contributed by atoms with Crippen LogP contribution in [-0.2, 0) is 6.54 Å². The quantitative estimate of drug-likeness (QED) is 0.673. The molecule has 0 aliphatic heterocycles. The van der Waals surface area contributed by atoms with Gasteiger partial charge in [-0.1, -0.05) is 12.1 Å². The molecule has 0 saturated carbocycles. The van der Waals surface area contributed by atoms with Crippen molar-refractivity contribution in [2.24, 2.45) is 5.73 Å². The van der Waals surface area contributed by atoms with Crippen molar-refractivity contribution in [3.63, 3.8) is 0 Å². The minimum Gasteiger partial charge on any atom is -0.432 e. The van der Waals surface area contributed by atoms with E-state index < -0.39 is 4.92 Å². The van der Waals surface area contributed by atoms with Crippen LogP contribution in [0.15, 0.2) is 36.5 Å². The van der Waals surface area contributed by atoms with Gasteiger partial charge in [0.05, 0.1) is 4.92 Å². The van der Waals surface area contributed by atoms with Gasteiger partial charge in [0.2, 0.25) is 11.6 Å². The molecule has 0 aliphatic carbocycles. The van der Waals surface area contributed by atoms with Gasteiger partial charge >= 0.3 is 5.69 Å². The van der Waals surface area contributed by atoms with E-state index in [4.69, 9.17) is 10.5 Å². The molecule has 2 N–H and O–H groups in total. The summed E-state index contributed by atoms with van der Waals surface area (Å²) in [5.41, 5.74) is 7.05. The van der Waals surface area contributed by atoms with Crippen LogP contribution in [0, 0.1) is 17.0 Å². The van der Waals surface area contributed by atoms with E-state index >= 15 is 0 Å². The molecule has 0 radical (unpaired) electrons. The third-order valence-corrected chi connectivity index (χ3v) is 2.56. The number of hydrogen-bond acceptors (Lipinski definition) is 5. The maximum absolute atomic E-state index is 11.0. The van der Waals surface area contributed by atoms with Gasteiger partial charge in [-0.25, -0.2) is 4.98 Å². The fourth-order valence-corrected chi connectivity index (χ4v) is 1.56. The van der Waals surface area contributed by atoms with Gasteiger partial charge in [-0.2, -0.15) is 0 Å². The Hall–Kier alpha value is -2.47. The Morgan fingerprint density at radius 1 is 1.37 bits per heavy atom. The number of benzene rings is 1. The number of hydrogen-bond donors (Lipinski definition) is 1. The van der Waals surface area contributed by atoms with Gasteiger partial charge in [-0.05, 0) is 24.1 Å². The number of nitrogens with two attached hydrogens (primary N) is 1. The van der Waals surface area contributed by atoms with Crippen LogP contribution in [0.2, 0.25) is 0 Å². The van der Waals surface area contributed by atoms with Gasteiger partial charge in [0.15, 0.2) is 0 Å². The first-order chi connectivity index (χ1) is 9.10. The summed E-state index contributed by atoms with van der Waals surface area (Å²) in [6, 6.07) is 8.17. The lowest BCUT2D eigenvalue weighted by atomic mass is 10.2. The zero-order chi connectivity index (χ0) is 13.8. The second kappa shape index (κ2) is 5.45. The topological polar surface area (TPSA) is 91.3 Å². The van der Waals surface area contributed by atoms with Crippen LogP contribution in [0.5, 0.6) is 11.6 Å². The van der Waals surface area contributed by atoms with E-state index in [1.165, 1.54) is 6.07 Å². The number of aryl methyl sites for hydroxylation is 1. The van der Waals surface area contributed by atoms with Crippen molar-refractivity contribution in [1.29, 1.82) is 0 Å². The Kier molecular flexibility index (Phi) is 3.72. The van der Waals surface area contributed by atoms with Gasteiger partial charge < -0.3 is 10.5 Å². The molecule has 0 aliphatic rings. The Morgan fingerprint density at radius 2 is 2.16 bits per heavy atom. The molecule has 0 unspecified atom stereocenters. The fraction of sp³-hybridized carbons (Fsp3) is 0.154. The standard InChI is InChI=1S/C13H13N3O3/c1-9-2-4-12(11(6-9)16(17)18)19-13-5-3-10(7-14)8-15-13/h2-6,8H,7,14H2,1H3. The van der Waals surface area contributed by atoms with Crippen LogP contribution in [0.3, 0.4) is 0 Å². The predicted octanol–water partition coefficient (Wildman–Crippen LogP) is 2.55. The van der Waals surface area contributed by atoms with E-state index in [2.05, 4.69) is 4.98 Å². The summed E-state index contributed by atoms with van der Waals surface area (Å²) in [4.78, 5) is 14.5. The number of ether oxygens (including phenoxy) is 1. The molecule has 6 heteroatoms. The van der Waals surface area contributed by atoms with E-state index in [-0.39, 0.29) is 11.4 Å². The van der Waals surface area contributed by atoms with Crippen molar-refractivity contribution >= 4 is 5.69 Å². The molecule has 0 spiro atoms. The van der Waals surface area contributed by atoms with Crippen molar-refractivity contribution in [3.8, 4) is 11.6 Å². The molecule has 19 heavy (non-hydrogen) atoms. The van der Waals surface area contributed by atoms with Crippen LogP contribution in [0.1, 0.15) is 11.1 Å². The average molecular weight is 259 g/mol.